The van der Waals surface area contributed by atoms with Gasteiger partial charge >= 0.3 is 0 Å². The van der Waals surface area contributed by atoms with Crippen molar-refractivity contribution in [3.63, 3.8) is 0 Å². The highest BCUT2D eigenvalue weighted by atomic mass is 35.5. The first-order valence-electron chi connectivity index (χ1n) is 6.26. The highest BCUT2D eigenvalue weighted by Crippen LogP contribution is 2.27. The largest absolute Gasteiger partial charge is 0.507 e. The summed E-state index contributed by atoms with van der Waals surface area (Å²) in [4.78, 5) is 4.45. The van der Waals surface area contributed by atoms with Gasteiger partial charge < -0.3 is 9.84 Å². The average molecular weight is 290 g/mol. The van der Waals surface area contributed by atoms with Crippen LogP contribution in [0.5, 0.6) is 11.5 Å². The van der Waals surface area contributed by atoms with Crippen LogP contribution in [-0.4, -0.2) is 18.4 Å². The van der Waals surface area contributed by atoms with Crippen LogP contribution < -0.4 is 4.74 Å². The van der Waals surface area contributed by atoms with Crippen molar-refractivity contribution in [3.05, 3.63) is 58.6 Å². The Labute approximate surface area is 123 Å². The monoisotopic (exact) mass is 289 g/mol. The van der Waals surface area contributed by atoms with Gasteiger partial charge in [-0.3, -0.25) is 4.99 Å². The van der Waals surface area contributed by atoms with Crippen LogP contribution in [-0.2, 0) is 0 Å². The summed E-state index contributed by atoms with van der Waals surface area (Å²) in [7, 11) is 1.64. The molecule has 0 aliphatic heterocycles. The number of benzene rings is 2. The van der Waals surface area contributed by atoms with Gasteiger partial charge in [0.1, 0.15) is 11.5 Å². The van der Waals surface area contributed by atoms with Gasteiger partial charge in [-0.05, 0) is 31.2 Å². The van der Waals surface area contributed by atoms with E-state index in [0.717, 1.165) is 11.3 Å². The molecule has 1 N–H and O–H groups in total. The smallest absolute Gasteiger partial charge is 0.124 e. The number of para-hydroxylation sites is 1. The summed E-state index contributed by atoms with van der Waals surface area (Å²) in [5, 5.41) is 10.3. The van der Waals surface area contributed by atoms with Crippen LogP contribution in [0.1, 0.15) is 24.1 Å². The maximum Gasteiger partial charge on any atom is 0.124 e. The average Bonchev–Trinajstić information content (AvgIpc) is 2.47. The van der Waals surface area contributed by atoms with Crippen molar-refractivity contribution in [2.45, 2.75) is 13.0 Å². The summed E-state index contributed by atoms with van der Waals surface area (Å²) in [6, 6.07) is 12.5. The van der Waals surface area contributed by atoms with Crippen LogP contribution in [0.4, 0.5) is 0 Å². The lowest BCUT2D eigenvalue weighted by atomic mass is 10.1. The van der Waals surface area contributed by atoms with E-state index in [1.807, 2.05) is 31.2 Å². The van der Waals surface area contributed by atoms with Gasteiger partial charge in [0.2, 0.25) is 0 Å². The van der Waals surface area contributed by atoms with Gasteiger partial charge in [0.15, 0.2) is 0 Å². The lowest BCUT2D eigenvalue weighted by molar-refractivity contribution is 0.407. The number of methoxy groups -OCH3 is 1. The van der Waals surface area contributed by atoms with Crippen molar-refractivity contribution in [3.8, 4) is 11.5 Å². The van der Waals surface area contributed by atoms with Gasteiger partial charge in [0.05, 0.1) is 13.2 Å². The molecule has 0 radical (unpaired) electrons. The molecule has 20 heavy (non-hydrogen) atoms. The van der Waals surface area contributed by atoms with Gasteiger partial charge in [-0.1, -0.05) is 29.8 Å². The number of halogens is 1. The number of hydrogen-bond donors (Lipinski definition) is 1. The van der Waals surface area contributed by atoms with Gasteiger partial charge in [-0.25, -0.2) is 0 Å². The number of aliphatic imine (C=N–C) groups is 1. The van der Waals surface area contributed by atoms with E-state index in [-0.39, 0.29) is 11.8 Å². The molecule has 0 aliphatic carbocycles. The van der Waals surface area contributed by atoms with E-state index < -0.39 is 0 Å². The molecular weight excluding hydrogens is 274 g/mol. The second kappa shape index (κ2) is 6.44. The Hall–Kier alpha value is -2.00. The molecule has 104 valence electrons. The fraction of sp³-hybridized carbons (Fsp3) is 0.188. The molecular formula is C16H16ClNO2. The van der Waals surface area contributed by atoms with Crippen LogP contribution in [0, 0.1) is 0 Å². The summed E-state index contributed by atoms with van der Waals surface area (Å²) in [5.74, 6) is 0.956. The van der Waals surface area contributed by atoms with Gasteiger partial charge in [-0.2, -0.15) is 0 Å². The van der Waals surface area contributed by atoms with E-state index in [1.54, 1.807) is 31.5 Å². The summed E-state index contributed by atoms with van der Waals surface area (Å²) in [6.07, 6.45) is 1.62. The van der Waals surface area contributed by atoms with E-state index in [1.165, 1.54) is 0 Å². The standard InChI is InChI=1S/C16H16ClNO2/c1-11(14-5-3-4-6-16(14)20-2)18-10-12-9-13(17)7-8-15(12)19/h3-11,19H,1-2H3/t11-/m0/s1. The molecule has 0 spiro atoms. The molecule has 3 nitrogen and oxygen atoms in total. The summed E-state index contributed by atoms with van der Waals surface area (Å²) in [6.45, 7) is 1.97. The van der Waals surface area contributed by atoms with E-state index in [4.69, 9.17) is 16.3 Å². The molecule has 0 fully saturated rings. The second-order valence-corrected chi connectivity index (χ2v) is 4.84. The molecule has 0 amide bonds. The van der Waals surface area contributed by atoms with Crippen LogP contribution in [0.3, 0.4) is 0 Å². The molecule has 0 saturated heterocycles. The quantitative estimate of drug-likeness (QED) is 0.856. The Morgan fingerprint density at radius 3 is 2.75 bits per heavy atom. The SMILES string of the molecule is COc1ccccc1[C@H](C)N=Cc1cc(Cl)ccc1O. The lowest BCUT2D eigenvalue weighted by Crippen LogP contribution is -1.96. The van der Waals surface area contributed by atoms with Crippen molar-refractivity contribution >= 4 is 17.8 Å². The van der Waals surface area contributed by atoms with Crippen molar-refractivity contribution in [2.75, 3.05) is 7.11 Å². The summed E-state index contributed by atoms with van der Waals surface area (Å²) >= 11 is 5.90. The molecule has 2 aromatic rings. The van der Waals surface area contributed by atoms with E-state index >= 15 is 0 Å². The molecule has 0 unspecified atom stereocenters. The molecule has 0 bridgehead atoms. The fourth-order valence-corrected chi connectivity index (χ4v) is 2.09. The first-order chi connectivity index (χ1) is 9.61. The molecule has 0 aliphatic rings. The molecule has 1 atom stereocenters. The number of aromatic hydroxyl groups is 1. The first kappa shape index (κ1) is 14.4. The molecule has 0 aromatic heterocycles. The van der Waals surface area contributed by atoms with Crippen LogP contribution in [0.25, 0.3) is 0 Å². The summed E-state index contributed by atoms with van der Waals surface area (Å²) in [5.41, 5.74) is 1.59. The molecule has 4 heteroatoms. The molecule has 2 aromatic carbocycles. The van der Waals surface area contributed by atoms with Crippen molar-refractivity contribution in [1.29, 1.82) is 0 Å². The Kier molecular flexibility index (Phi) is 4.64. The minimum atomic E-state index is -0.0791. The Bertz CT molecular complexity index is 626. The Morgan fingerprint density at radius 2 is 2.00 bits per heavy atom. The number of hydrogen-bond acceptors (Lipinski definition) is 3. The third-order valence-electron chi connectivity index (χ3n) is 3.02. The van der Waals surface area contributed by atoms with Gasteiger partial charge in [0, 0.05) is 22.4 Å². The maximum absolute atomic E-state index is 9.74. The van der Waals surface area contributed by atoms with Crippen LogP contribution in [0.15, 0.2) is 47.5 Å². The van der Waals surface area contributed by atoms with Crippen molar-refractivity contribution in [2.24, 2.45) is 4.99 Å². The zero-order valence-electron chi connectivity index (χ0n) is 11.4. The predicted octanol–water partition coefficient (Wildman–Crippen LogP) is 4.23. The second-order valence-electron chi connectivity index (χ2n) is 4.40. The van der Waals surface area contributed by atoms with E-state index in [0.29, 0.717) is 10.6 Å². The zero-order chi connectivity index (χ0) is 14.5. The van der Waals surface area contributed by atoms with Crippen molar-refractivity contribution in [1.82, 2.24) is 0 Å². The van der Waals surface area contributed by atoms with Crippen LogP contribution >= 0.6 is 11.6 Å². The minimum Gasteiger partial charge on any atom is -0.507 e. The zero-order valence-corrected chi connectivity index (χ0v) is 12.1. The van der Waals surface area contributed by atoms with Crippen molar-refractivity contribution < 1.29 is 9.84 Å². The number of ether oxygens (including phenoxy) is 1. The number of rotatable bonds is 4. The number of nitrogens with zero attached hydrogens (tertiary/aromatic N) is 1. The Balaban J connectivity index is 2.24. The highest BCUT2D eigenvalue weighted by molar-refractivity contribution is 6.30. The molecule has 0 heterocycles. The van der Waals surface area contributed by atoms with Gasteiger partial charge in [-0.15, -0.1) is 0 Å². The van der Waals surface area contributed by atoms with E-state index in [9.17, 15) is 5.11 Å². The van der Waals surface area contributed by atoms with Crippen LogP contribution in [0.2, 0.25) is 5.02 Å². The fourth-order valence-electron chi connectivity index (χ4n) is 1.91. The Morgan fingerprint density at radius 1 is 1.25 bits per heavy atom. The molecule has 2 rings (SSSR count). The third kappa shape index (κ3) is 3.31. The number of phenols is 1. The van der Waals surface area contributed by atoms with Gasteiger partial charge in [0.25, 0.3) is 0 Å². The molecule has 0 saturated carbocycles. The van der Waals surface area contributed by atoms with E-state index in [2.05, 4.69) is 4.99 Å². The third-order valence-corrected chi connectivity index (χ3v) is 3.25. The summed E-state index contributed by atoms with van der Waals surface area (Å²) < 4.78 is 5.32. The predicted molar refractivity (Wildman–Crippen MR) is 82.1 cm³/mol. The number of phenolic OH excluding ortho intramolecular Hbond substituents is 1. The topological polar surface area (TPSA) is 41.8 Å². The minimum absolute atomic E-state index is 0.0791. The maximum atomic E-state index is 9.74. The first-order valence-corrected chi connectivity index (χ1v) is 6.64. The highest BCUT2D eigenvalue weighted by Gasteiger charge is 2.09. The lowest BCUT2D eigenvalue weighted by Gasteiger charge is -2.11. The normalized spacial score (nSPS) is 12.6.